The number of carbonyl (C=O) groups excluding carboxylic acids is 4. The molecule has 0 radical (unpaired) electrons. The number of rotatable bonds is 25. The van der Waals surface area contributed by atoms with Crippen molar-refractivity contribution in [3.05, 3.63) is 0 Å². The first-order chi connectivity index (χ1) is 28.0. The highest BCUT2D eigenvalue weighted by molar-refractivity contribution is 8.93. The van der Waals surface area contributed by atoms with E-state index >= 15 is 0 Å². The lowest BCUT2D eigenvalue weighted by Crippen LogP contribution is -2.50. The van der Waals surface area contributed by atoms with Crippen molar-refractivity contribution in [2.24, 2.45) is 49.2 Å². The van der Waals surface area contributed by atoms with Crippen LogP contribution in [0.4, 0.5) is 0 Å². The number of carbonyl (C=O) groups is 4. The molecule has 380 valence electrons. The fraction of sp³-hybridized carbons (Fsp3) is 0.922. The Bertz CT molecular complexity index is 1410. The zero-order valence-electron chi connectivity index (χ0n) is 46.0. The quantitative estimate of drug-likeness (QED) is 0.0494. The van der Waals surface area contributed by atoms with E-state index in [0.29, 0.717) is 11.5 Å². The van der Waals surface area contributed by atoms with Gasteiger partial charge in [0, 0.05) is 20.0 Å². The summed E-state index contributed by atoms with van der Waals surface area (Å²) < 4.78 is 25.2. The number of esters is 4. The molecule has 0 spiro atoms. The van der Waals surface area contributed by atoms with Crippen molar-refractivity contribution >= 4 is 79.0 Å². The third-order valence-corrected chi connectivity index (χ3v) is 22.7. The van der Waals surface area contributed by atoms with Crippen LogP contribution in [0.5, 0.6) is 0 Å². The molecule has 0 saturated carbocycles. The van der Waals surface area contributed by atoms with Crippen molar-refractivity contribution in [2.45, 2.75) is 180 Å². The van der Waals surface area contributed by atoms with E-state index in [1.54, 1.807) is 35.3 Å². The predicted molar refractivity (Wildman–Crippen MR) is 286 cm³/mol. The molecule has 1 unspecified atom stereocenters. The summed E-state index contributed by atoms with van der Waals surface area (Å²) in [7, 11) is 0.960. The molecule has 0 aliphatic carbocycles. The summed E-state index contributed by atoms with van der Waals surface area (Å²) in [4.78, 5) is 57.5. The molecule has 0 fully saturated rings. The molecule has 0 heterocycles. The van der Waals surface area contributed by atoms with Crippen molar-refractivity contribution in [1.82, 2.24) is 0 Å². The molecule has 64 heavy (non-hydrogen) atoms. The number of hydrogen-bond acceptors (Lipinski definition) is 12. The minimum Gasteiger partial charge on any atom is -0.464 e. The third-order valence-electron chi connectivity index (χ3n) is 13.7. The Balaban J connectivity index is 7.48. The highest BCUT2D eigenvalue weighted by Gasteiger charge is 2.51. The molecule has 0 aliphatic heterocycles. The topological polar surface area (TPSA) is 105 Å². The molecule has 0 aromatic carbocycles. The fourth-order valence-electron chi connectivity index (χ4n) is 5.12. The Morgan fingerprint density at radius 2 is 0.688 bits per heavy atom. The third kappa shape index (κ3) is 19.6. The van der Waals surface area contributed by atoms with Gasteiger partial charge in [-0.05, 0) is 114 Å². The molecule has 8 nitrogen and oxygen atoms in total. The molecule has 0 aromatic rings. The Morgan fingerprint density at radius 3 is 0.953 bits per heavy atom. The summed E-state index contributed by atoms with van der Waals surface area (Å²) in [5.74, 6) is 1.06. The van der Waals surface area contributed by atoms with Crippen molar-refractivity contribution in [2.75, 3.05) is 68.2 Å². The minimum atomic E-state index is -1.44. The number of ether oxygens (including phenoxy) is 4. The summed E-state index contributed by atoms with van der Waals surface area (Å²) >= 11 is 5.36. The van der Waals surface area contributed by atoms with E-state index in [-0.39, 0.29) is 46.6 Å². The van der Waals surface area contributed by atoms with Gasteiger partial charge in [0.25, 0.3) is 0 Å². The van der Waals surface area contributed by atoms with Crippen LogP contribution >= 0.6 is 55.1 Å². The molecule has 0 amide bonds. The number of thioether (sulfide) groups is 3. The zero-order chi connectivity index (χ0) is 51.2. The van der Waals surface area contributed by atoms with Crippen molar-refractivity contribution in [3.8, 4) is 0 Å². The second-order valence-electron chi connectivity index (χ2n) is 26.2. The molecule has 0 bridgehead atoms. The standard InChI is InChI=1S/C51H98O8S5/c1-36(28-60-41(2,3)4)47(17,18)37(52)56-29-51(30-57-38(53)48(19,20)44(11,12)33-61-42(5,6)7,31-58-39(54)49(21,22)45(13,14)34-62-43(8,9)10)32-59-40(55)50(23,24)46(15,16)35-63-64(25,26)27/h36H,28-35H2,1-27H3. The van der Waals surface area contributed by atoms with Gasteiger partial charge >= 0.3 is 23.9 Å². The highest BCUT2D eigenvalue weighted by atomic mass is 33.2. The van der Waals surface area contributed by atoms with E-state index in [1.165, 1.54) is 0 Å². The lowest BCUT2D eigenvalue weighted by Gasteiger charge is -2.43. The Kier molecular flexibility index (Phi) is 22.5. The average molecular weight is 1000 g/mol. The molecule has 1 atom stereocenters. The summed E-state index contributed by atoms with van der Waals surface area (Å²) in [6.07, 6.45) is 6.71. The molecule has 0 N–H and O–H groups in total. The first-order valence-corrected chi connectivity index (χ1v) is 30.3. The second-order valence-corrected chi connectivity index (χ2v) is 39.3. The van der Waals surface area contributed by atoms with Crippen LogP contribution in [0.25, 0.3) is 0 Å². The van der Waals surface area contributed by atoms with Gasteiger partial charge in [-0.1, -0.05) is 111 Å². The molecule has 0 aliphatic rings. The summed E-state index contributed by atoms with van der Waals surface area (Å²) in [5.41, 5.74) is -6.58. The van der Waals surface area contributed by atoms with Crippen LogP contribution in [0.1, 0.15) is 166 Å². The molecule has 0 saturated heterocycles. The van der Waals surface area contributed by atoms with Crippen LogP contribution in [0.3, 0.4) is 0 Å². The Labute approximate surface area is 412 Å². The predicted octanol–water partition coefficient (Wildman–Crippen LogP) is 13.9. The van der Waals surface area contributed by atoms with E-state index in [0.717, 1.165) is 11.5 Å². The van der Waals surface area contributed by atoms with Gasteiger partial charge in [-0.25, -0.2) is 9.06 Å². The van der Waals surface area contributed by atoms with Crippen LogP contribution in [-0.2, 0) is 38.1 Å². The lowest BCUT2D eigenvalue weighted by molar-refractivity contribution is -0.187. The van der Waals surface area contributed by atoms with Crippen molar-refractivity contribution in [1.29, 1.82) is 0 Å². The fourth-order valence-corrected chi connectivity index (χ4v) is 11.6. The van der Waals surface area contributed by atoms with Gasteiger partial charge in [0.2, 0.25) is 0 Å². The van der Waals surface area contributed by atoms with E-state index in [1.807, 2.05) is 73.1 Å². The van der Waals surface area contributed by atoms with Crippen LogP contribution in [-0.4, -0.2) is 106 Å². The van der Waals surface area contributed by atoms with Crippen LogP contribution in [0, 0.1) is 49.2 Å². The van der Waals surface area contributed by atoms with E-state index in [9.17, 15) is 19.2 Å². The highest BCUT2D eigenvalue weighted by Crippen LogP contribution is 2.55. The van der Waals surface area contributed by atoms with Gasteiger partial charge in [-0.3, -0.25) is 19.2 Å². The first kappa shape index (κ1) is 63.6. The summed E-state index contributed by atoms with van der Waals surface area (Å²) in [6, 6.07) is 0. The van der Waals surface area contributed by atoms with Gasteiger partial charge < -0.3 is 18.9 Å². The maximum absolute atomic E-state index is 14.4. The Morgan fingerprint density at radius 1 is 0.422 bits per heavy atom. The minimum absolute atomic E-state index is 0.0105. The van der Waals surface area contributed by atoms with Gasteiger partial charge in [0.15, 0.2) is 0 Å². The molecular weight excluding hydrogens is 901 g/mol. The second kappa shape index (κ2) is 22.6. The van der Waals surface area contributed by atoms with Crippen molar-refractivity contribution in [3.63, 3.8) is 0 Å². The summed E-state index contributed by atoms with van der Waals surface area (Å²) in [5, 5.41) is 0. The molecule has 0 rings (SSSR count). The monoisotopic (exact) mass is 999 g/mol. The summed E-state index contributed by atoms with van der Waals surface area (Å²) in [6.45, 7) is 47.7. The van der Waals surface area contributed by atoms with E-state index in [4.69, 9.17) is 18.9 Å². The van der Waals surface area contributed by atoms with Crippen LogP contribution in [0.15, 0.2) is 0 Å². The van der Waals surface area contributed by atoms with Crippen LogP contribution in [0.2, 0.25) is 0 Å². The maximum Gasteiger partial charge on any atom is 0.312 e. The zero-order valence-corrected chi connectivity index (χ0v) is 50.1. The molecular formula is C51H98O8S5. The maximum atomic E-state index is 14.4. The van der Waals surface area contributed by atoms with E-state index < -0.39 is 76.3 Å². The number of hydrogen-bond donors (Lipinski definition) is 0. The molecule has 0 aromatic heterocycles. The smallest absolute Gasteiger partial charge is 0.312 e. The van der Waals surface area contributed by atoms with Gasteiger partial charge in [-0.15, -0.1) is 10.8 Å². The SMILES string of the molecule is CC(CSC(C)(C)C)C(C)(C)C(=O)OCC(COC(=O)C(C)(C)C(C)(C)CSC(C)(C)C)(COC(=O)C(C)(C)C(C)(C)CSC(C)(C)C)COC(=O)C(C)(C)C(C)(C)CSS(C)(C)C. The normalized spacial score (nSPS) is 15.4. The van der Waals surface area contributed by atoms with E-state index in [2.05, 4.69) is 123 Å². The first-order valence-electron chi connectivity index (χ1n) is 22.9. The largest absolute Gasteiger partial charge is 0.464 e. The van der Waals surface area contributed by atoms with Crippen LogP contribution < -0.4 is 0 Å². The average Bonchev–Trinajstić information content (AvgIpc) is 3.11. The van der Waals surface area contributed by atoms with Gasteiger partial charge in [-0.2, -0.15) is 35.3 Å². The lowest BCUT2D eigenvalue weighted by atomic mass is 9.69. The molecule has 13 heteroatoms. The van der Waals surface area contributed by atoms with Gasteiger partial charge in [0.1, 0.15) is 31.8 Å². The van der Waals surface area contributed by atoms with Gasteiger partial charge in [0.05, 0.1) is 21.7 Å². The van der Waals surface area contributed by atoms with Crippen molar-refractivity contribution < 1.29 is 38.1 Å². The Hall–Kier alpha value is -0.370.